The van der Waals surface area contributed by atoms with E-state index >= 15 is 0 Å². The third-order valence-corrected chi connectivity index (χ3v) is 7.11. The summed E-state index contributed by atoms with van der Waals surface area (Å²) >= 11 is 0. The lowest BCUT2D eigenvalue weighted by molar-refractivity contribution is -0.312. The van der Waals surface area contributed by atoms with Gasteiger partial charge in [0.25, 0.3) is 0 Å². The van der Waals surface area contributed by atoms with Crippen LogP contribution in [0.2, 0.25) is 0 Å². The summed E-state index contributed by atoms with van der Waals surface area (Å²) in [4.78, 5) is 36.7. The predicted molar refractivity (Wildman–Crippen MR) is 148 cm³/mol. The van der Waals surface area contributed by atoms with E-state index < -0.39 is 60.1 Å². The predicted octanol–water partition coefficient (Wildman–Crippen LogP) is 3.55. The van der Waals surface area contributed by atoms with Crippen LogP contribution in [0.15, 0.2) is 91.0 Å². The molecule has 0 aromatic heterocycles. The number of rotatable bonds is 9. The Balaban J connectivity index is 1.98. The largest absolute Gasteiger partial charge is 0.456 e. The summed E-state index contributed by atoms with van der Waals surface area (Å²) in [5.41, 5.74) is 0.931. The van der Waals surface area contributed by atoms with Gasteiger partial charge in [-0.05, 0) is 16.7 Å². The fourth-order valence-electron chi connectivity index (χ4n) is 5.61. The Kier molecular flexibility index (Phi) is 9.54. The fraction of sp³-hybridized carbons (Fsp3) is 0.344. The van der Waals surface area contributed by atoms with Crippen molar-refractivity contribution in [3.63, 3.8) is 0 Å². The van der Waals surface area contributed by atoms with Crippen molar-refractivity contribution in [1.29, 1.82) is 0 Å². The van der Waals surface area contributed by atoms with Crippen LogP contribution in [0.3, 0.4) is 0 Å². The Morgan fingerprint density at radius 3 is 1.39 bits per heavy atom. The number of hydrogen-bond acceptors (Lipinski definition) is 9. The van der Waals surface area contributed by atoms with Gasteiger partial charge in [0.1, 0.15) is 12.2 Å². The Bertz CT molecular complexity index is 1220. The van der Waals surface area contributed by atoms with Crippen molar-refractivity contribution >= 4 is 17.9 Å². The second kappa shape index (κ2) is 13.1. The maximum absolute atomic E-state index is 12.6. The molecular weight excluding hydrogens is 528 g/mol. The van der Waals surface area contributed by atoms with Crippen LogP contribution in [0, 0.1) is 0 Å². The van der Waals surface area contributed by atoms with Gasteiger partial charge in [0.2, 0.25) is 0 Å². The van der Waals surface area contributed by atoms with Crippen LogP contribution >= 0.6 is 0 Å². The SMILES string of the molecule is CO[C@@H]1O[C@@H](C(O)C(c2ccccc2)(c2ccccc2)c2ccccc2)[C@H](OC(C)=O)[C@@H](OC(C)=O)[C@H]1OC(C)=O. The van der Waals surface area contributed by atoms with Gasteiger partial charge in [-0.2, -0.15) is 0 Å². The van der Waals surface area contributed by atoms with Crippen LogP contribution in [-0.4, -0.2) is 66.9 Å². The number of esters is 3. The van der Waals surface area contributed by atoms with Crippen molar-refractivity contribution in [2.24, 2.45) is 0 Å². The topological polar surface area (TPSA) is 118 Å². The molecule has 3 aromatic rings. The molecule has 4 rings (SSSR count). The zero-order valence-corrected chi connectivity index (χ0v) is 23.3. The molecule has 41 heavy (non-hydrogen) atoms. The van der Waals surface area contributed by atoms with E-state index in [2.05, 4.69) is 0 Å². The van der Waals surface area contributed by atoms with E-state index in [1.165, 1.54) is 27.9 Å². The zero-order chi connectivity index (χ0) is 29.6. The number of hydrogen-bond donors (Lipinski definition) is 1. The lowest BCUT2D eigenvalue weighted by Gasteiger charge is -2.50. The van der Waals surface area contributed by atoms with Crippen LogP contribution < -0.4 is 0 Å². The summed E-state index contributed by atoms with van der Waals surface area (Å²) in [5, 5.41) is 12.6. The average molecular weight is 563 g/mol. The van der Waals surface area contributed by atoms with Crippen LogP contribution in [0.1, 0.15) is 37.5 Å². The molecule has 0 amide bonds. The molecule has 1 unspecified atom stereocenters. The Morgan fingerprint density at radius 2 is 1.02 bits per heavy atom. The van der Waals surface area contributed by atoms with Gasteiger partial charge in [-0.3, -0.25) is 14.4 Å². The van der Waals surface area contributed by atoms with Gasteiger partial charge in [-0.1, -0.05) is 91.0 Å². The molecule has 0 spiro atoms. The first kappa shape index (κ1) is 29.9. The molecule has 9 heteroatoms. The van der Waals surface area contributed by atoms with Gasteiger partial charge in [-0.25, -0.2) is 0 Å². The number of carbonyl (C=O) groups excluding carboxylic acids is 3. The highest BCUT2D eigenvalue weighted by Crippen LogP contribution is 2.46. The Morgan fingerprint density at radius 1 is 0.659 bits per heavy atom. The molecule has 0 aliphatic carbocycles. The van der Waals surface area contributed by atoms with Crippen molar-refractivity contribution < 1.29 is 43.2 Å². The molecule has 1 aliphatic rings. The second-order valence-corrected chi connectivity index (χ2v) is 9.78. The van der Waals surface area contributed by atoms with Gasteiger partial charge in [0.05, 0.1) is 5.41 Å². The molecule has 3 aromatic carbocycles. The second-order valence-electron chi connectivity index (χ2n) is 9.78. The molecule has 1 heterocycles. The molecule has 1 N–H and O–H groups in total. The van der Waals surface area contributed by atoms with Crippen LogP contribution in [-0.2, 0) is 43.5 Å². The number of benzene rings is 3. The molecule has 1 fully saturated rings. The maximum atomic E-state index is 12.6. The van der Waals surface area contributed by atoms with E-state index in [9.17, 15) is 19.5 Å². The number of aliphatic hydroxyl groups excluding tert-OH is 1. The zero-order valence-electron chi connectivity index (χ0n) is 23.3. The first-order valence-electron chi connectivity index (χ1n) is 13.2. The maximum Gasteiger partial charge on any atom is 0.303 e. The van der Waals surface area contributed by atoms with Crippen molar-refractivity contribution in [3.05, 3.63) is 108 Å². The lowest BCUT2D eigenvalue weighted by Crippen LogP contribution is -2.67. The summed E-state index contributed by atoms with van der Waals surface area (Å²) in [6.07, 6.45) is -8.05. The molecule has 9 nitrogen and oxygen atoms in total. The van der Waals surface area contributed by atoms with Crippen LogP contribution in [0.25, 0.3) is 0 Å². The highest BCUT2D eigenvalue weighted by molar-refractivity contribution is 5.68. The minimum atomic E-state index is -1.45. The molecule has 1 aliphatic heterocycles. The van der Waals surface area contributed by atoms with Gasteiger partial charge in [-0.15, -0.1) is 0 Å². The van der Waals surface area contributed by atoms with Crippen LogP contribution in [0.5, 0.6) is 0 Å². The minimum Gasteiger partial charge on any atom is -0.456 e. The molecule has 0 radical (unpaired) electrons. The summed E-state index contributed by atoms with van der Waals surface area (Å²) in [7, 11) is 1.33. The first-order chi connectivity index (χ1) is 19.7. The monoisotopic (exact) mass is 562 g/mol. The van der Waals surface area contributed by atoms with Gasteiger partial charge in [0, 0.05) is 27.9 Å². The average Bonchev–Trinajstić information content (AvgIpc) is 2.96. The van der Waals surface area contributed by atoms with Crippen molar-refractivity contribution in [1.82, 2.24) is 0 Å². The molecule has 216 valence electrons. The number of methoxy groups -OCH3 is 1. The van der Waals surface area contributed by atoms with Crippen molar-refractivity contribution in [2.45, 2.75) is 63.0 Å². The first-order valence-corrected chi connectivity index (χ1v) is 13.2. The lowest BCUT2D eigenvalue weighted by atomic mass is 9.63. The molecule has 0 saturated carbocycles. The number of aliphatic hydroxyl groups is 1. The molecule has 1 saturated heterocycles. The van der Waals surface area contributed by atoms with Gasteiger partial charge < -0.3 is 28.8 Å². The van der Waals surface area contributed by atoms with Crippen molar-refractivity contribution in [3.8, 4) is 0 Å². The minimum absolute atomic E-state index is 0.689. The standard InChI is InChI=1S/C32H34O9/c1-20(33)38-26-27(39-21(2)34)29(40-22(3)35)31(37-4)41-28(26)30(36)32(23-14-8-5-9-15-23,24-16-10-6-11-17-24)25-18-12-7-13-19-25/h5-19,26-31,36H,1-4H3/t26-,27-,28-,29-,30?,31-/m1/s1. The highest BCUT2D eigenvalue weighted by Gasteiger charge is 2.58. The van der Waals surface area contributed by atoms with Gasteiger partial charge >= 0.3 is 17.9 Å². The quantitative estimate of drug-likeness (QED) is 0.237. The van der Waals surface area contributed by atoms with E-state index in [1.807, 2.05) is 91.0 Å². The van der Waals surface area contributed by atoms with Crippen LogP contribution in [0.4, 0.5) is 0 Å². The normalized spacial score (nSPS) is 23.2. The third-order valence-electron chi connectivity index (χ3n) is 7.11. The Labute approximate surface area is 238 Å². The summed E-state index contributed by atoms with van der Waals surface area (Å²) in [5.74, 6) is -2.12. The summed E-state index contributed by atoms with van der Waals surface area (Å²) in [6, 6.07) is 28.2. The fourth-order valence-corrected chi connectivity index (χ4v) is 5.61. The van der Waals surface area contributed by atoms with E-state index in [-0.39, 0.29) is 0 Å². The third kappa shape index (κ3) is 6.17. The summed E-state index contributed by atoms with van der Waals surface area (Å²) < 4.78 is 28.6. The molecular formula is C32H34O9. The Hall–Kier alpha value is -4.05. The van der Waals surface area contributed by atoms with Crippen molar-refractivity contribution in [2.75, 3.05) is 7.11 Å². The smallest absolute Gasteiger partial charge is 0.303 e. The number of ether oxygens (including phenoxy) is 5. The molecule has 0 bridgehead atoms. The van der Waals surface area contributed by atoms with E-state index in [0.29, 0.717) is 0 Å². The molecule has 6 atom stereocenters. The van der Waals surface area contributed by atoms with Gasteiger partial charge in [0.15, 0.2) is 24.6 Å². The van der Waals surface area contributed by atoms with E-state index in [1.54, 1.807) is 0 Å². The summed E-state index contributed by atoms with van der Waals surface area (Å²) in [6.45, 7) is 3.56. The number of carbonyl (C=O) groups is 3. The van der Waals surface area contributed by atoms with E-state index in [4.69, 9.17) is 23.7 Å². The van der Waals surface area contributed by atoms with E-state index in [0.717, 1.165) is 16.7 Å². The highest BCUT2D eigenvalue weighted by atomic mass is 16.7.